The summed E-state index contributed by atoms with van der Waals surface area (Å²) in [5.74, 6) is -2.32. The van der Waals surface area contributed by atoms with Crippen LogP contribution in [-0.2, 0) is 14.3 Å². The van der Waals surface area contributed by atoms with Crippen LogP contribution in [0.3, 0.4) is 0 Å². The predicted octanol–water partition coefficient (Wildman–Crippen LogP) is 3.48. The van der Waals surface area contributed by atoms with Crippen LogP contribution in [0.25, 0.3) is 11.1 Å². The van der Waals surface area contributed by atoms with Crippen molar-refractivity contribution in [1.29, 1.82) is 0 Å². The van der Waals surface area contributed by atoms with Crippen molar-refractivity contribution in [3.8, 4) is 0 Å². The number of rotatable bonds is 8. The van der Waals surface area contributed by atoms with Crippen LogP contribution in [0.4, 0.5) is 0 Å². The number of hydrogen-bond acceptors (Lipinski definition) is 6. The monoisotopic (exact) mass is 539 g/mol. The molecular formula is C31H26NO6P. The first kappa shape index (κ1) is 26.0. The summed E-state index contributed by atoms with van der Waals surface area (Å²) in [7, 11) is -0.664. The van der Waals surface area contributed by atoms with Gasteiger partial charge in [-0.2, -0.15) is 0 Å². The molecule has 0 spiro atoms. The number of methoxy groups -OCH3 is 2. The van der Waals surface area contributed by atoms with Crippen molar-refractivity contribution in [2.24, 2.45) is 0 Å². The van der Waals surface area contributed by atoms with Crippen molar-refractivity contribution in [3.63, 3.8) is 0 Å². The molecule has 0 N–H and O–H groups in total. The number of carbonyl (C=O) groups excluding carboxylic acids is 1. The maximum absolute atomic E-state index is 14.1. The van der Waals surface area contributed by atoms with Gasteiger partial charge in [-0.3, -0.25) is 4.57 Å². The fraction of sp³-hybridized carbons (Fsp3) is 0.0968. The number of aromatic nitrogens is 1. The number of para-hydroxylation sites is 2. The van der Waals surface area contributed by atoms with Gasteiger partial charge in [0.15, 0.2) is 11.6 Å². The van der Waals surface area contributed by atoms with E-state index in [0.717, 1.165) is 15.9 Å². The van der Waals surface area contributed by atoms with Gasteiger partial charge in [0.05, 0.1) is 18.6 Å². The summed E-state index contributed by atoms with van der Waals surface area (Å²) >= 11 is 0. The topological polar surface area (TPSA) is 93.7 Å². The molecule has 5 aromatic rings. The SMILES string of the molecule is COC(=O)[C@@H](/C(=C(/[O-])OC)[P+](c1ccccc1)(c1ccccc1)c1ccccc1)n1c(=O)oc2ccccc21. The van der Waals surface area contributed by atoms with Crippen LogP contribution in [0.5, 0.6) is 0 Å². The van der Waals surface area contributed by atoms with Crippen molar-refractivity contribution in [2.45, 2.75) is 6.04 Å². The third kappa shape index (κ3) is 4.41. The molecule has 1 atom stereocenters. The molecule has 0 radical (unpaired) electrons. The van der Waals surface area contributed by atoms with Gasteiger partial charge in [0.1, 0.15) is 28.5 Å². The van der Waals surface area contributed by atoms with E-state index in [1.807, 2.05) is 91.0 Å². The van der Waals surface area contributed by atoms with Gasteiger partial charge in [0, 0.05) is 0 Å². The zero-order valence-electron chi connectivity index (χ0n) is 21.4. The van der Waals surface area contributed by atoms with Crippen molar-refractivity contribution < 1.29 is 23.8 Å². The van der Waals surface area contributed by atoms with Gasteiger partial charge in [-0.1, -0.05) is 66.7 Å². The Balaban J connectivity index is 2.00. The minimum Gasteiger partial charge on any atom is -0.614 e. The zero-order valence-corrected chi connectivity index (χ0v) is 22.3. The normalized spacial score (nSPS) is 13.0. The van der Waals surface area contributed by atoms with Crippen LogP contribution in [-0.4, -0.2) is 24.8 Å². The number of ether oxygens (including phenoxy) is 2. The van der Waals surface area contributed by atoms with Crippen molar-refractivity contribution in [3.05, 3.63) is 137 Å². The van der Waals surface area contributed by atoms with Gasteiger partial charge in [-0.05, 0) is 55.6 Å². The molecule has 8 heteroatoms. The second kappa shape index (κ2) is 11.0. The first-order chi connectivity index (χ1) is 19.0. The van der Waals surface area contributed by atoms with E-state index in [1.165, 1.54) is 18.8 Å². The minimum absolute atomic E-state index is 0.0918. The number of carbonyl (C=O) groups is 1. The highest BCUT2D eigenvalue weighted by atomic mass is 31.2. The van der Waals surface area contributed by atoms with E-state index in [-0.39, 0.29) is 10.9 Å². The van der Waals surface area contributed by atoms with Gasteiger partial charge in [-0.25, -0.2) is 9.59 Å². The van der Waals surface area contributed by atoms with E-state index in [1.54, 1.807) is 24.3 Å². The summed E-state index contributed by atoms with van der Waals surface area (Å²) in [6, 6.07) is 33.8. The van der Waals surface area contributed by atoms with Gasteiger partial charge in [-0.15, -0.1) is 0 Å². The van der Waals surface area contributed by atoms with Gasteiger partial charge in [0.2, 0.25) is 0 Å². The first-order valence-electron chi connectivity index (χ1n) is 12.2. The Labute approximate surface area is 225 Å². The largest absolute Gasteiger partial charge is 0.614 e. The summed E-state index contributed by atoms with van der Waals surface area (Å²) in [6.45, 7) is 0. The van der Waals surface area contributed by atoms with Gasteiger partial charge >= 0.3 is 11.7 Å². The average Bonchev–Trinajstić information content (AvgIpc) is 3.33. The number of esters is 1. The smallest absolute Gasteiger partial charge is 0.421 e. The molecule has 0 bridgehead atoms. The van der Waals surface area contributed by atoms with E-state index >= 15 is 0 Å². The van der Waals surface area contributed by atoms with E-state index < -0.39 is 31.0 Å². The zero-order chi connectivity index (χ0) is 27.4. The van der Waals surface area contributed by atoms with Gasteiger partial charge < -0.3 is 19.0 Å². The summed E-state index contributed by atoms with van der Waals surface area (Å²) in [5, 5.41) is 16.6. The maximum atomic E-state index is 14.1. The molecule has 0 aliphatic carbocycles. The quantitative estimate of drug-likeness (QED) is 0.170. The van der Waals surface area contributed by atoms with Crippen LogP contribution < -0.4 is 26.8 Å². The molecule has 196 valence electrons. The van der Waals surface area contributed by atoms with Crippen LogP contribution in [0.1, 0.15) is 6.04 Å². The third-order valence-corrected chi connectivity index (χ3v) is 11.0. The van der Waals surface area contributed by atoms with Crippen molar-refractivity contribution >= 4 is 40.2 Å². The van der Waals surface area contributed by atoms with Gasteiger partial charge in [0.25, 0.3) is 0 Å². The van der Waals surface area contributed by atoms with E-state index in [4.69, 9.17) is 13.9 Å². The first-order valence-corrected chi connectivity index (χ1v) is 14.0. The lowest BCUT2D eigenvalue weighted by atomic mass is 10.2. The van der Waals surface area contributed by atoms with E-state index in [9.17, 15) is 14.7 Å². The molecule has 0 saturated heterocycles. The fourth-order valence-corrected chi connectivity index (χ4v) is 9.58. The third-order valence-electron chi connectivity index (χ3n) is 6.65. The highest BCUT2D eigenvalue weighted by molar-refractivity contribution is 7.99. The molecule has 4 aromatic carbocycles. The molecule has 1 aromatic heterocycles. The Hall–Kier alpha value is -4.61. The van der Waals surface area contributed by atoms with Crippen LogP contribution in [0.15, 0.2) is 136 Å². The predicted molar refractivity (Wildman–Crippen MR) is 151 cm³/mol. The summed E-state index contributed by atoms with van der Waals surface area (Å²) in [5.41, 5.74) is 0.635. The summed E-state index contributed by atoms with van der Waals surface area (Å²) in [4.78, 5) is 27.2. The van der Waals surface area contributed by atoms with E-state index in [2.05, 4.69) is 0 Å². The summed E-state index contributed by atoms with van der Waals surface area (Å²) < 4.78 is 17.4. The lowest BCUT2D eigenvalue weighted by Crippen LogP contribution is -2.40. The van der Waals surface area contributed by atoms with Crippen LogP contribution >= 0.6 is 7.26 Å². The standard InChI is InChI=1S/C31H26NO6P/c1-36-29(33)27(32-25-20-12-13-21-26(25)38-31(32)35)28(30(34)37-2)39(22-14-6-3-7-15-22,23-16-8-4-9-17-23)24-18-10-5-11-19-24/h3-21,27H,1-2H3/b30-28+/t27-/m1/s1. The molecule has 0 amide bonds. The van der Waals surface area contributed by atoms with Crippen molar-refractivity contribution in [2.75, 3.05) is 14.2 Å². The molecule has 0 saturated carbocycles. The molecule has 39 heavy (non-hydrogen) atoms. The fourth-order valence-electron chi connectivity index (χ4n) is 5.04. The number of hydrogen-bond donors (Lipinski definition) is 0. The Bertz CT molecular complexity index is 1580. The Morgan fingerprint density at radius 1 is 0.744 bits per heavy atom. The molecule has 7 nitrogen and oxygen atoms in total. The molecule has 0 fully saturated rings. The minimum atomic E-state index is -3.16. The molecule has 1 heterocycles. The highest BCUT2D eigenvalue weighted by Crippen LogP contribution is 2.66. The number of benzene rings is 4. The molecule has 0 aliphatic heterocycles. The molecular weight excluding hydrogens is 513 g/mol. The second-order valence-electron chi connectivity index (χ2n) is 8.69. The van der Waals surface area contributed by atoms with Crippen LogP contribution in [0.2, 0.25) is 0 Å². The second-order valence-corrected chi connectivity index (χ2v) is 12.1. The molecule has 5 rings (SSSR count). The molecule has 0 unspecified atom stereocenters. The lowest BCUT2D eigenvalue weighted by Gasteiger charge is -2.34. The Morgan fingerprint density at radius 3 is 1.67 bits per heavy atom. The van der Waals surface area contributed by atoms with E-state index in [0.29, 0.717) is 5.52 Å². The maximum Gasteiger partial charge on any atom is 0.421 e. The highest BCUT2D eigenvalue weighted by Gasteiger charge is 2.56. The number of oxazole rings is 1. The lowest BCUT2D eigenvalue weighted by molar-refractivity contribution is -0.354. The Kier molecular flexibility index (Phi) is 7.35. The Morgan fingerprint density at radius 2 is 1.21 bits per heavy atom. The van der Waals surface area contributed by atoms with Crippen LogP contribution in [0, 0.1) is 0 Å². The average molecular weight is 540 g/mol. The number of nitrogens with zero attached hydrogens (tertiary/aromatic N) is 1. The molecule has 0 aliphatic rings. The number of fused-ring (bicyclic) bond motifs is 1. The summed E-state index contributed by atoms with van der Waals surface area (Å²) in [6.07, 6.45) is 0. The van der Waals surface area contributed by atoms with Crippen molar-refractivity contribution in [1.82, 2.24) is 4.57 Å².